The highest BCUT2D eigenvalue weighted by Gasteiger charge is 2.30. The smallest absolute Gasteiger partial charge is 0.416 e. The molecule has 0 atom stereocenters. The van der Waals surface area contributed by atoms with Gasteiger partial charge in [0.1, 0.15) is 12.4 Å². The summed E-state index contributed by atoms with van der Waals surface area (Å²) >= 11 is 0. The third kappa shape index (κ3) is 7.01. The molecule has 0 bridgehead atoms. The Morgan fingerprint density at radius 2 is 1.65 bits per heavy atom. The van der Waals surface area contributed by atoms with Crippen LogP contribution >= 0.6 is 0 Å². The normalized spacial score (nSPS) is 14.5. The van der Waals surface area contributed by atoms with Gasteiger partial charge in [0.25, 0.3) is 5.91 Å². The standard InChI is InChI=1S/C28H29F3N2O4/c29-28(30,31)22-8-4-19(5-9-22)2-1-3-26(35)32-23-10-6-20(7-11-23)21-14-16-33(17-15-21)27(36)25-13-12-24(18-34)37-25/h4-13,21,34H,1-3,14-18H2,(H,32,35). The maximum Gasteiger partial charge on any atom is 0.416 e. The number of carbonyl (C=O) groups excluding carboxylic acids is 2. The van der Waals surface area contributed by atoms with Crippen molar-refractivity contribution in [1.82, 2.24) is 4.90 Å². The van der Waals surface area contributed by atoms with Gasteiger partial charge in [-0.2, -0.15) is 13.2 Å². The summed E-state index contributed by atoms with van der Waals surface area (Å²) in [5.41, 5.74) is 1.92. The first-order valence-electron chi connectivity index (χ1n) is 12.3. The fraction of sp³-hybridized carbons (Fsp3) is 0.357. The molecule has 196 valence electrons. The van der Waals surface area contributed by atoms with Gasteiger partial charge in [-0.05, 0) is 79.1 Å². The van der Waals surface area contributed by atoms with E-state index >= 15 is 0 Å². The fourth-order valence-electron chi connectivity index (χ4n) is 4.53. The highest BCUT2D eigenvalue weighted by Crippen LogP contribution is 2.30. The number of aliphatic hydroxyl groups excluding tert-OH is 1. The number of furan rings is 1. The van der Waals surface area contributed by atoms with Crippen LogP contribution in [0.3, 0.4) is 0 Å². The molecule has 1 saturated heterocycles. The summed E-state index contributed by atoms with van der Waals surface area (Å²) in [6.07, 6.45) is -1.40. The largest absolute Gasteiger partial charge is 0.453 e. The highest BCUT2D eigenvalue weighted by molar-refractivity contribution is 5.91. The Kier molecular flexibility index (Phi) is 8.33. The van der Waals surface area contributed by atoms with E-state index in [0.717, 1.165) is 36.1 Å². The summed E-state index contributed by atoms with van der Waals surface area (Å²) in [6.45, 7) is 0.973. The molecule has 1 aliphatic heterocycles. The molecule has 4 rings (SSSR count). The van der Waals surface area contributed by atoms with Gasteiger partial charge in [0.15, 0.2) is 5.76 Å². The van der Waals surface area contributed by atoms with Crippen molar-refractivity contribution in [2.24, 2.45) is 0 Å². The van der Waals surface area contributed by atoms with E-state index in [1.54, 1.807) is 17.0 Å². The summed E-state index contributed by atoms with van der Waals surface area (Å²) in [7, 11) is 0. The molecule has 37 heavy (non-hydrogen) atoms. The average Bonchev–Trinajstić information content (AvgIpc) is 3.38. The Morgan fingerprint density at radius 3 is 2.24 bits per heavy atom. The first kappa shape index (κ1) is 26.5. The van der Waals surface area contributed by atoms with Crippen molar-refractivity contribution >= 4 is 17.5 Å². The van der Waals surface area contributed by atoms with Crippen LogP contribution in [0.15, 0.2) is 65.1 Å². The Labute approximate surface area is 213 Å². The molecule has 6 nitrogen and oxygen atoms in total. The highest BCUT2D eigenvalue weighted by atomic mass is 19.4. The van der Waals surface area contributed by atoms with Crippen LogP contribution in [0.2, 0.25) is 0 Å². The zero-order valence-electron chi connectivity index (χ0n) is 20.3. The monoisotopic (exact) mass is 514 g/mol. The van der Waals surface area contributed by atoms with Crippen LogP contribution in [0.1, 0.15) is 64.6 Å². The first-order chi connectivity index (χ1) is 17.7. The number of rotatable bonds is 8. The Morgan fingerprint density at radius 1 is 0.973 bits per heavy atom. The van der Waals surface area contributed by atoms with Crippen LogP contribution in [0.4, 0.5) is 18.9 Å². The van der Waals surface area contributed by atoms with Crippen LogP contribution in [0.25, 0.3) is 0 Å². The zero-order valence-corrected chi connectivity index (χ0v) is 20.3. The number of nitrogens with one attached hydrogen (secondary N) is 1. The predicted molar refractivity (Wildman–Crippen MR) is 132 cm³/mol. The van der Waals surface area contributed by atoms with Crippen molar-refractivity contribution in [2.45, 2.75) is 50.8 Å². The molecule has 3 aromatic rings. The van der Waals surface area contributed by atoms with E-state index in [9.17, 15) is 22.8 Å². The van der Waals surface area contributed by atoms with E-state index < -0.39 is 11.7 Å². The second kappa shape index (κ2) is 11.6. The molecule has 2 N–H and O–H groups in total. The van der Waals surface area contributed by atoms with Crippen LogP contribution in [0, 0.1) is 0 Å². The van der Waals surface area contributed by atoms with Crippen LogP contribution in [0.5, 0.6) is 0 Å². The van der Waals surface area contributed by atoms with Gasteiger partial charge in [-0.15, -0.1) is 0 Å². The Balaban J connectivity index is 1.20. The molecule has 1 aliphatic rings. The molecule has 0 radical (unpaired) electrons. The van der Waals surface area contributed by atoms with Gasteiger partial charge >= 0.3 is 6.18 Å². The van der Waals surface area contributed by atoms with Gasteiger partial charge in [-0.25, -0.2) is 0 Å². The first-order valence-corrected chi connectivity index (χ1v) is 12.3. The minimum Gasteiger partial charge on any atom is -0.453 e. The number of aryl methyl sites for hydroxylation is 1. The van der Waals surface area contributed by atoms with Gasteiger partial charge in [0, 0.05) is 25.2 Å². The zero-order chi connectivity index (χ0) is 26.4. The summed E-state index contributed by atoms with van der Waals surface area (Å²) in [5, 5.41) is 12.0. The number of amides is 2. The minimum atomic E-state index is -4.35. The number of aliphatic hydroxyl groups is 1. The molecular weight excluding hydrogens is 485 g/mol. The molecule has 9 heteroatoms. The molecule has 1 aromatic heterocycles. The lowest BCUT2D eigenvalue weighted by Gasteiger charge is -2.31. The number of alkyl halides is 3. The second-order valence-electron chi connectivity index (χ2n) is 9.21. The van der Waals surface area contributed by atoms with Crippen LogP contribution in [-0.2, 0) is 24.0 Å². The van der Waals surface area contributed by atoms with Crippen molar-refractivity contribution < 1.29 is 32.3 Å². The summed E-state index contributed by atoms with van der Waals surface area (Å²) < 4.78 is 43.3. The maximum absolute atomic E-state index is 12.7. The molecule has 0 unspecified atom stereocenters. The summed E-state index contributed by atoms with van der Waals surface area (Å²) in [4.78, 5) is 26.6. The van der Waals surface area contributed by atoms with Crippen molar-refractivity contribution in [3.05, 3.63) is 88.9 Å². The fourth-order valence-corrected chi connectivity index (χ4v) is 4.53. The lowest BCUT2D eigenvalue weighted by atomic mass is 9.89. The predicted octanol–water partition coefficient (Wildman–Crippen LogP) is 5.77. The molecule has 2 heterocycles. The molecule has 0 saturated carbocycles. The molecule has 1 fully saturated rings. The number of benzene rings is 2. The minimum absolute atomic E-state index is 0.145. The number of piperidine rings is 1. The van der Waals surface area contributed by atoms with Gasteiger partial charge in [-0.3, -0.25) is 9.59 Å². The molecule has 0 aliphatic carbocycles. The quantitative estimate of drug-likeness (QED) is 0.400. The van der Waals surface area contributed by atoms with Crippen LogP contribution < -0.4 is 5.32 Å². The third-order valence-electron chi connectivity index (χ3n) is 6.63. The number of nitrogens with zero attached hydrogens (tertiary/aromatic N) is 1. The number of carbonyl (C=O) groups is 2. The second-order valence-corrected chi connectivity index (χ2v) is 9.21. The van der Waals surface area contributed by atoms with Gasteiger partial charge < -0.3 is 19.7 Å². The van der Waals surface area contributed by atoms with Crippen molar-refractivity contribution in [3.8, 4) is 0 Å². The third-order valence-corrected chi connectivity index (χ3v) is 6.63. The lowest BCUT2D eigenvalue weighted by Crippen LogP contribution is -2.37. The van der Waals surface area contributed by atoms with Gasteiger partial charge in [0.05, 0.1) is 5.56 Å². The Hall–Kier alpha value is -3.59. The van der Waals surface area contributed by atoms with E-state index in [1.807, 2.05) is 24.3 Å². The number of likely N-dealkylation sites (tertiary alicyclic amines) is 1. The van der Waals surface area contributed by atoms with Crippen LogP contribution in [-0.4, -0.2) is 34.9 Å². The number of hydrogen-bond acceptors (Lipinski definition) is 4. The molecule has 2 aromatic carbocycles. The van der Waals surface area contributed by atoms with Gasteiger partial charge in [0.2, 0.25) is 5.91 Å². The Bertz CT molecular complexity index is 1200. The number of halogens is 3. The number of hydrogen-bond donors (Lipinski definition) is 2. The summed E-state index contributed by atoms with van der Waals surface area (Å²) in [6, 6.07) is 15.9. The van der Waals surface area contributed by atoms with Crippen molar-refractivity contribution in [3.63, 3.8) is 0 Å². The van der Waals surface area contributed by atoms with Gasteiger partial charge in [-0.1, -0.05) is 24.3 Å². The average molecular weight is 515 g/mol. The van der Waals surface area contributed by atoms with E-state index in [4.69, 9.17) is 9.52 Å². The number of anilines is 1. The molecule has 0 spiro atoms. The van der Waals surface area contributed by atoms with E-state index in [1.165, 1.54) is 12.1 Å². The topological polar surface area (TPSA) is 82.8 Å². The van der Waals surface area contributed by atoms with E-state index in [0.29, 0.717) is 43.3 Å². The SMILES string of the molecule is O=C(CCCc1ccc(C(F)(F)F)cc1)Nc1ccc(C2CCN(C(=O)c3ccc(CO)o3)CC2)cc1. The maximum atomic E-state index is 12.7. The van der Waals surface area contributed by atoms with E-state index in [-0.39, 0.29) is 30.6 Å². The molecule has 2 amide bonds. The van der Waals surface area contributed by atoms with E-state index in [2.05, 4.69) is 5.32 Å². The summed E-state index contributed by atoms with van der Waals surface area (Å²) in [5.74, 6) is 0.594. The molecular formula is C28H29F3N2O4. The van der Waals surface area contributed by atoms with Crippen molar-refractivity contribution in [1.29, 1.82) is 0 Å². The lowest BCUT2D eigenvalue weighted by molar-refractivity contribution is -0.137. The van der Waals surface area contributed by atoms with Crippen molar-refractivity contribution in [2.75, 3.05) is 18.4 Å².